The normalized spacial score (nSPS) is 11.9. The number of alkyl halides is 3. The molecule has 1 N–H and O–H groups in total. The van der Waals surface area contributed by atoms with Crippen LogP contribution in [-0.4, -0.2) is 27.1 Å². The molecule has 0 fully saturated rings. The number of hydrogen-bond acceptors (Lipinski definition) is 3. The second kappa shape index (κ2) is 7.99. The van der Waals surface area contributed by atoms with Crippen molar-refractivity contribution in [2.24, 2.45) is 0 Å². The molecule has 0 atom stereocenters. The first-order chi connectivity index (χ1) is 12.5. The molecule has 0 saturated carbocycles. The summed E-state index contributed by atoms with van der Waals surface area (Å²) < 4.78 is 62.7. The Morgan fingerprint density at radius 3 is 2.07 bits per heavy atom. The van der Waals surface area contributed by atoms with Crippen LogP contribution in [0, 0.1) is 6.92 Å². The van der Waals surface area contributed by atoms with Gasteiger partial charge in [0.25, 0.3) is 0 Å². The number of aryl methyl sites for hydroxylation is 1. The van der Waals surface area contributed by atoms with Gasteiger partial charge in [-0.3, -0.25) is 9.10 Å². The quantitative estimate of drug-likeness (QED) is 0.810. The largest absolute Gasteiger partial charge is 0.416 e. The standard InChI is InChI=1S/C18H19F3N2O3S/c1-13-3-5-14(6-4-13)11-22-17(24)12-23(27(2,25)26)16-9-7-15(8-10-16)18(19,20)21/h3-10H,11-12H2,1-2H3,(H,22,24). The molecule has 2 rings (SSSR count). The van der Waals surface area contributed by atoms with Crippen LogP contribution in [-0.2, 0) is 27.5 Å². The van der Waals surface area contributed by atoms with Gasteiger partial charge in [-0.2, -0.15) is 13.2 Å². The maximum Gasteiger partial charge on any atom is 0.416 e. The number of rotatable bonds is 6. The molecule has 0 aromatic heterocycles. The van der Waals surface area contributed by atoms with E-state index in [1.54, 1.807) is 0 Å². The molecule has 146 valence electrons. The Bertz CT molecular complexity index is 893. The van der Waals surface area contributed by atoms with Gasteiger partial charge >= 0.3 is 6.18 Å². The number of benzene rings is 2. The Morgan fingerprint density at radius 2 is 1.59 bits per heavy atom. The molecule has 2 aromatic rings. The minimum absolute atomic E-state index is 0.0176. The van der Waals surface area contributed by atoms with Gasteiger partial charge in [0.1, 0.15) is 6.54 Å². The van der Waals surface area contributed by atoms with Crippen molar-refractivity contribution in [3.05, 3.63) is 65.2 Å². The first-order valence-corrected chi connectivity index (χ1v) is 9.79. The molecule has 0 radical (unpaired) electrons. The maximum absolute atomic E-state index is 12.7. The van der Waals surface area contributed by atoms with E-state index >= 15 is 0 Å². The lowest BCUT2D eigenvalue weighted by molar-refractivity contribution is -0.137. The molecule has 0 aliphatic carbocycles. The molecule has 27 heavy (non-hydrogen) atoms. The van der Waals surface area contributed by atoms with E-state index in [0.29, 0.717) is 0 Å². The Morgan fingerprint density at radius 1 is 1.04 bits per heavy atom. The Labute approximate surface area is 155 Å². The lowest BCUT2D eigenvalue weighted by Crippen LogP contribution is -2.40. The predicted octanol–water partition coefficient (Wildman–Crippen LogP) is 3.10. The van der Waals surface area contributed by atoms with E-state index in [1.165, 1.54) is 0 Å². The highest BCUT2D eigenvalue weighted by Gasteiger charge is 2.30. The molecule has 0 saturated heterocycles. The van der Waals surface area contributed by atoms with Crippen LogP contribution in [0.15, 0.2) is 48.5 Å². The van der Waals surface area contributed by atoms with Crippen molar-refractivity contribution in [2.75, 3.05) is 17.1 Å². The molecule has 2 aromatic carbocycles. The van der Waals surface area contributed by atoms with Crippen LogP contribution in [0.1, 0.15) is 16.7 Å². The summed E-state index contributed by atoms with van der Waals surface area (Å²) in [6.07, 6.45) is -3.64. The summed E-state index contributed by atoms with van der Waals surface area (Å²) in [5, 5.41) is 2.60. The maximum atomic E-state index is 12.7. The van der Waals surface area contributed by atoms with Crippen molar-refractivity contribution in [1.29, 1.82) is 0 Å². The molecular formula is C18H19F3N2O3S. The van der Waals surface area contributed by atoms with Gasteiger partial charge in [-0.25, -0.2) is 8.42 Å². The number of hydrogen-bond donors (Lipinski definition) is 1. The molecule has 0 spiro atoms. The zero-order valence-electron chi connectivity index (χ0n) is 14.7. The van der Waals surface area contributed by atoms with Crippen LogP contribution in [0.2, 0.25) is 0 Å². The summed E-state index contributed by atoms with van der Waals surface area (Å²) in [6.45, 7) is 1.61. The number of carbonyl (C=O) groups is 1. The van der Waals surface area contributed by atoms with Crippen LogP contribution < -0.4 is 9.62 Å². The van der Waals surface area contributed by atoms with Gasteiger partial charge in [0, 0.05) is 6.54 Å². The van der Waals surface area contributed by atoms with E-state index in [1.807, 2.05) is 31.2 Å². The predicted molar refractivity (Wildman–Crippen MR) is 96.7 cm³/mol. The molecule has 5 nitrogen and oxygen atoms in total. The van der Waals surface area contributed by atoms with Crippen LogP contribution in [0.25, 0.3) is 0 Å². The molecule has 0 bridgehead atoms. The molecule has 0 unspecified atom stereocenters. The topological polar surface area (TPSA) is 66.5 Å². The number of sulfonamides is 1. The first kappa shape index (κ1) is 20.8. The van der Waals surface area contributed by atoms with Crippen LogP contribution >= 0.6 is 0 Å². The molecule has 0 heterocycles. The van der Waals surface area contributed by atoms with Crippen LogP contribution in [0.5, 0.6) is 0 Å². The Kier molecular flexibility index (Phi) is 6.15. The highest BCUT2D eigenvalue weighted by molar-refractivity contribution is 7.92. The fourth-order valence-electron chi connectivity index (χ4n) is 2.31. The molecular weight excluding hydrogens is 381 g/mol. The van der Waals surface area contributed by atoms with E-state index < -0.39 is 34.2 Å². The number of anilines is 1. The second-order valence-electron chi connectivity index (χ2n) is 6.08. The summed E-state index contributed by atoms with van der Waals surface area (Å²) in [6, 6.07) is 11.0. The van der Waals surface area contributed by atoms with Crippen molar-refractivity contribution in [1.82, 2.24) is 5.32 Å². The van der Waals surface area contributed by atoms with E-state index in [0.717, 1.165) is 46.0 Å². The summed E-state index contributed by atoms with van der Waals surface area (Å²) in [7, 11) is -3.86. The van der Waals surface area contributed by atoms with Crippen molar-refractivity contribution < 1.29 is 26.4 Å². The van der Waals surface area contributed by atoms with Crippen molar-refractivity contribution in [3.8, 4) is 0 Å². The van der Waals surface area contributed by atoms with Crippen molar-refractivity contribution in [3.63, 3.8) is 0 Å². The highest BCUT2D eigenvalue weighted by atomic mass is 32.2. The molecule has 0 aliphatic heterocycles. The first-order valence-electron chi connectivity index (χ1n) is 7.94. The number of nitrogens with zero attached hydrogens (tertiary/aromatic N) is 1. The van der Waals surface area contributed by atoms with E-state index in [4.69, 9.17) is 0 Å². The summed E-state index contributed by atoms with van der Waals surface area (Å²) in [4.78, 5) is 12.1. The monoisotopic (exact) mass is 400 g/mol. The van der Waals surface area contributed by atoms with Gasteiger partial charge in [-0.05, 0) is 36.8 Å². The SMILES string of the molecule is Cc1ccc(CNC(=O)CN(c2ccc(C(F)(F)F)cc2)S(C)(=O)=O)cc1. The number of halogens is 3. The van der Waals surface area contributed by atoms with Gasteiger partial charge in [0.05, 0.1) is 17.5 Å². The molecule has 9 heteroatoms. The fourth-order valence-corrected chi connectivity index (χ4v) is 3.17. The Balaban J connectivity index is 2.10. The third-order valence-corrected chi connectivity index (χ3v) is 4.92. The van der Waals surface area contributed by atoms with Crippen molar-refractivity contribution in [2.45, 2.75) is 19.6 Å². The third-order valence-electron chi connectivity index (χ3n) is 3.78. The van der Waals surface area contributed by atoms with Gasteiger partial charge in [-0.1, -0.05) is 29.8 Å². The zero-order chi connectivity index (χ0) is 20.2. The van der Waals surface area contributed by atoms with E-state index in [9.17, 15) is 26.4 Å². The van der Waals surface area contributed by atoms with Crippen LogP contribution in [0.4, 0.5) is 18.9 Å². The van der Waals surface area contributed by atoms with Gasteiger partial charge in [0.15, 0.2) is 0 Å². The highest BCUT2D eigenvalue weighted by Crippen LogP contribution is 2.30. The lowest BCUT2D eigenvalue weighted by atomic mass is 10.1. The minimum atomic E-state index is -4.53. The van der Waals surface area contributed by atoms with E-state index in [2.05, 4.69) is 5.32 Å². The third kappa shape index (κ3) is 5.99. The Hall–Kier alpha value is -2.55. The summed E-state index contributed by atoms with van der Waals surface area (Å²) >= 11 is 0. The minimum Gasteiger partial charge on any atom is -0.350 e. The lowest BCUT2D eigenvalue weighted by Gasteiger charge is -2.22. The van der Waals surface area contributed by atoms with Crippen LogP contribution in [0.3, 0.4) is 0 Å². The zero-order valence-corrected chi connectivity index (χ0v) is 15.6. The van der Waals surface area contributed by atoms with Crippen molar-refractivity contribution >= 4 is 21.6 Å². The number of carbonyl (C=O) groups excluding carboxylic acids is 1. The summed E-state index contributed by atoms with van der Waals surface area (Å²) in [5.41, 5.74) is 0.990. The second-order valence-corrected chi connectivity index (χ2v) is 7.98. The fraction of sp³-hybridized carbons (Fsp3) is 0.278. The number of amides is 1. The van der Waals surface area contributed by atoms with Gasteiger partial charge in [0.2, 0.25) is 15.9 Å². The average molecular weight is 400 g/mol. The smallest absolute Gasteiger partial charge is 0.350 e. The average Bonchev–Trinajstić information content (AvgIpc) is 2.57. The van der Waals surface area contributed by atoms with Gasteiger partial charge in [-0.15, -0.1) is 0 Å². The molecule has 0 aliphatic rings. The summed E-state index contributed by atoms with van der Waals surface area (Å²) in [5.74, 6) is -0.569. The number of nitrogens with one attached hydrogen (secondary N) is 1. The van der Waals surface area contributed by atoms with E-state index in [-0.39, 0.29) is 12.2 Å². The molecule has 1 amide bonds. The van der Waals surface area contributed by atoms with Gasteiger partial charge < -0.3 is 5.32 Å².